The molecular weight excluding hydrogens is 733 g/mol. The third-order valence-electron chi connectivity index (χ3n) is 12.4. The van der Waals surface area contributed by atoms with Gasteiger partial charge in [-0.3, -0.25) is 0 Å². The fraction of sp³-hybridized carbons (Fsp3) is 0.0545. The van der Waals surface area contributed by atoms with Crippen molar-refractivity contribution in [3.8, 4) is 67.9 Å². The number of aromatic nitrogens is 4. The van der Waals surface area contributed by atoms with Crippen LogP contribution in [0.3, 0.4) is 0 Å². The third kappa shape index (κ3) is 5.33. The van der Waals surface area contributed by atoms with E-state index in [0.29, 0.717) is 23.4 Å². The van der Waals surface area contributed by atoms with Gasteiger partial charge in [-0.2, -0.15) is 0 Å². The average Bonchev–Trinajstić information content (AvgIpc) is 3.85. The number of fused-ring (bicyclic) bond motifs is 10. The van der Waals surface area contributed by atoms with E-state index in [1.54, 1.807) is 0 Å². The minimum Gasteiger partial charge on any atom is -0.435 e. The van der Waals surface area contributed by atoms with Crippen molar-refractivity contribution in [3.05, 3.63) is 193 Å². The molecular formula is C55H36N4O. The van der Waals surface area contributed by atoms with E-state index in [4.69, 9.17) is 24.4 Å². The van der Waals surface area contributed by atoms with Gasteiger partial charge in [0.05, 0.1) is 0 Å². The van der Waals surface area contributed by atoms with Crippen molar-refractivity contribution >= 4 is 43.4 Å². The minimum absolute atomic E-state index is 0.101. The lowest BCUT2D eigenvalue weighted by Crippen LogP contribution is -2.14. The molecule has 0 unspecified atom stereocenters. The summed E-state index contributed by atoms with van der Waals surface area (Å²) in [5.74, 6) is 2.48. The van der Waals surface area contributed by atoms with Gasteiger partial charge in [0.2, 0.25) is 5.89 Å². The van der Waals surface area contributed by atoms with Gasteiger partial charge in [-0.1, -0.05) is 172 Å². The predicted molar refractivity (Wildman–Crippen MR) is 245 cm³/mol. The van der Waals surface area contributed by atoms with E-state index in [-0.39, 0.29) is 5.41 Å². The molecule has 2 aromatic heterocycles. The lowest BCUT2D eigenvalue weighted by molar-refractivity contribution is 0.623. The van der Waals surface area contributed by atoms with Gasteiger partial charge in [0, 0.05) is 38.4 Å². The Kier molecular flexibility index (Phi) is 7.51. The van der Waals surface area contributed by atoms with Crippen LogP contribution in [0.2, 0.25) is 0 Å². The Labute approximate surface area is 346 Å². The average molecular weight is 769 g/mol. The van der Waals surface area contributed by atoms with Crippen LogP contribution in [0.25, 0.3) is 111 Å². The standard InChI is InChI=1S/C55H36N4O/c1-55(2)45-19-10-9-16-41(45)44-32-39(27-30-46(44)55)52-57-51(37-24-20-34(21-25-37)33-12-5-3-6-13-33)58-53(59-52)43-18-11-17-42-40(43)29-26-35-22-23-36-28-31-47-50(49(36)48(35)42)60-54(56-47)38-14-7-4-8-15-38/h3-32H,1-2H3. The smallest absolute Gasteiger partial charge is 0.227 e. The van der Waals surface area contributed by atoms with E-state index in [9.17, 15) is 0 Å². The zero-order valence-corrected chi connectivity index (χ0v) is 33.0. The second-order valence-electron chi connectivity index (χ2n) is 16.2. The van der Waals surface area contributed by atoms with Crippen molar-refractivity contribution in [2.75, 3.05) is 0 Å². The molecule has 0 aliphatic heterocycles. The maximum atomic E-state index is 6.63. The van der Waals surface area contributed by atoms with E-state index in [0.717, 1.165) is 76.8 Å². The number of rotatable bonds is 5. The van der Waals surface area contributed by atoms with Gasteiger partial charge >= 0.3 is 0 Å². The minimum atomic E-state index is -0.101. The summed E-state index contributed by atoms with van der Waals surface area (Å²) < 4.78 is 6.63. The van der Waals surface area contributed by atoms with Crippen molar-refractivity contribution in [2.24, 2.45) is 0 Å². The Morgan fingerprint density at radius 3 is 1.77 bits per heavy atom. The van der Waals surface area contributed by atoms with Crippen molar-refractivity contribution in [3.63, 3.8) is 0 Å². The molecule has 1 aliphatic carbocycles. The Balaban J connectivity index is 1.07. The molecule has 12 rings (SSSR count). The summed E-state index contributed by atoms with van der Waals surface area (Å²) in [5, 5.41) is 6.50. The maximum absolute atomic E-state index is 6.63. The largest absolute Gasteiger partial charge is 0.435 e. The number of nitrogens with zero attached hydrogens (tertiary/aromatic N) is 4. The summed E-state index contributed by atoms with van der Waals surface area (Å²) in [6.45, 7) is 4.61. The summed E-state index contributed by atoms with van der Waals surface area (Å²) in [6, 6.07) is 63.8. The van der Waals surface area contributed by atoms with E-state index in [2.05, 4.69) is 159 Å². The Bertz CT molecular complexity index is 3500. The molecule has 11 aromatic rings. The molecule has 9 aromatic carbocycles. The van der Waals surface area contributed by atoms with Crippen LogP contribution in [0.5, 0.6) is 0 Å². The lowest BCUT2D eigenvalue weighted by Gasteiger charge is -2.21. The molecule has 0 saturated heterocycles. The summed E-state index contributed by atoms with van der Waals surface area (Å²) in [7, 11) is 0. The van der Waals surface area contributed by atoms with E-state index >= 15 is 0 Å². The van der Waals surface area contributed by atoms with Gasteiger partial charge in [0.25, 0.3) is 0 Å². The molecule has 1 aliphatic rings. The highest BCUT2D eigenvalue weighted by molar-refractivity contribution is 6.27. The van der Waals surface area contributed by atoms with Crippen LogP contribution >= 0.6 is 0 Å². The molecule has 0 saturated carbocycles. The van der Waals surface area contributed by atoms with Crippen LogP contribution in [-0.4, -0.2) is 19.9 Å². The number of benzene rings is 9. The Hall–Kier alpha value is -7.76. The van der Waals surface area contributed by atoms with E-state index in [1.165, 1.54) is 22.3 Å². The van der Waals surface area contributed by atoms with Crippen LogP contribution < -0.4 is 0 Å². The number of hydrogen-bond acceptors (Lipinski definition) is 5. The molecule has 0 spiro atoms. The Morgan fingerprint density at radius 2 is 0.967 bits per heavy atom. The van der Waals surface area contributed by atoms with Crippen LogP contribution in [0.1, 0.15) is 25.0 Å². The van der Waals surface area contributed by atoms with Crippen LogP contribution in [0.4, 0.5) is 0 Å². The number of oxazole rings is 1. The van der Waals surface area contributed by atoms with E-state index < -0.39 is 0 Å². The first-order valence-electron chi connectivity index (χ1n) is 20.4. The van der Waals surface area contributed by atoms with E-state index in [1.807, 2.05) is 36.4 Å². The first kappa shape index (κ1) is 34.3. The summed E-state index contributed by atoms with van der Waals surface area (Å²) in [6.07, 6.45) is 0. The molecule has 2 heterocycles. The van der Waals surface area contributed by atoms with Gasteiger partial charge in [-0.05, 0) is 79.2 Å². The number of hydrogen-bond donors (Lipinski definition) is 0. The summed E-state index contributed by atoms with van der Waals surface area (Å²) in [5.41, 5.74) is 12.7. The normalized spacial score (nSPS) is 13.0. The van der Waals surface area contributed by atoms with Gasteiger partial charge in [0.15, 0.2) is 23.1 Å². The molecule has 282 valence electrons. The highest BCUT2D eigenvalue weighted by Gasteiger charge is 2.35. The zero-order valence-electron chi connectivity index (χ0n) is 33.0. The molecule has 60 heavy (non-hydrogen) atoms. The highest BCUT2D eigenvalue weighted by Crippen LogP contribution is 2.49. The van der Waals surface area contributed by atoms with Crippen molar-refractivity contribution < 1.29 is 4.42 Å². The molecule has 0 atom stereocenters. The summed E-state index contributed by atoms with van der Waals surface area (Å²) in [4.78, 5) is 20.7. The second kappa shape index (κ2) is 13.1. The molecule has 0 N–H and O–H groups in total. The molecule has 5 heteroatoms. The third-order valence-corrected chi connectivity index (χ3v) is 12.4. The van der Waals surface area contributed by atoms with Gasteiger partial charge in [-0.25, -0.2) is 19.9 Å². The highest BCUT2D eigenvalue weighted by atomic mass is 16.3. The summed E-state index contributed by atoms with van der Waals surface area (Å²) >= 11 is 0. The Morgan fingerprint density at radius 1 is 0.383 bits per heavy atom. The fourth-order valence-electron chi connectivity index (χ4n) is 9.33. The molecule has 0 bridgehead atoms. The molecule has 0 fully saturated rings. The van der Waals surface area contributed by atoms with Crippen LogP contribution in [-0.2, 0) is 5.41 Å². The van der Waals surface area contributed by atoms with Crippen molar-refractivity contribution in [1.29, 1.82) is 0 Å². The van der Waals surface area contributed by atoms with Crippen LogP contribution in [0.15, 0.2) is 186 Å². The quantitative estimate of drug-likeness (QED) is 0.163. The fourth-order valence-corrected chi connectivity index (χ4v) is 9.33. The van der Waals surface area contributed by atoms with Gasteiger partial charge in [-0.15, -0.1) is 0 Å². The zero-order chi connectivity index (χ0) is 40.0. The SMILES string of the molecule is CC1(C)c2ccccc2-c2cc(-c3nc(-c4ccc(-c5ccccc5)cc4)nc(-c4cccc5c4ccc4ccc6ccc7nc(-c8ccccc8)oc7c6c45)n3)ccc21. The molecule has 0 amide bonds. The monoisotopic (exact) mass is 768 g/mol. The van der Waals surface area contributed by atoms with Gasteiger partial charge < -0.3 is 4.42 Å². The first-order chi connectivity index (χ1) is 29.5. The lowest BCUT2D eigenvalue weighted by atomic mass is 9.82. The van der Waals surface area contributed by atoms with Crippen molar-refractivity contribution in [1.82, 2.24) is 19.9 Å². The van der Waals surface area contributed by atoms with Crippen molar-refractivity contribution in [2.45, 2.75) is 19.3 Å². The topological polar surface area (TPSA) is 64.7 Å². The predicted octanol–water partition coefficient (Wildman–Crippen LogP) is 14.1. The molecule has 0 radical (unpaired) electrons. The van der Waals surface area contributed by atoms with Gasteiger partial charge in [0.1, 0.15) is 5.52 Å². The molecule has 5 nitrogen and oxygen atoms in total. The maximum Gasteiger partial charge on any atom is 0.227 e. The first-order valence-corrected chi connectivity index (χ1v) is 20.4. The van der Waals surface area contributed by atoms with Crippen LogP contribution in [0, 0.1) is 0 Å². The second-order valence-corrected chi connectivity index (χ2v) is 16.2.